The zero-order valence-electron chi connectivity index (χ0n) is 49.8. The highest BCUT2D eigenvalue weighted by molar-refractivity contribution is 6.11. The highest BCUT2D eigenvalue weighted by Gasteiger charge is 2.52. The first kappa shape index (κ1) is 51.4. The van der Waals surface area contributed by atoms with Crippen molar-refractivity contribution in [1.29, 1.82) is 0 Å². The number of benzene rings is 10. The molecule has 0 fully saturated rings. The third-order valence-electron chi connectivity index (χ3n) is 19.6. The van der Waals surface area contributed by atoms with E-state index in [0.29, 0.717) is 0 Å². The molecule has 2 aliphatic carbocycles. The van der Waals surface area contributed by atoms with E-state index in [2.05, 4.69) is 260 Å². The summed E-state index contributed by atoms with van der Waals surface area (Å²) in [5, 5.41) is 8.31. The van der Waals surface area contributed by atoms with Gasteiger partial charge in [-0.3, -0.25) is 15.0 Å². The summed E-state index contributed by atoms with van der Waals surface area (Å²) in [7, 11) is 0. The van der Waals surface area contributed by atoms with E-state index in [1.807, 2.05) is 36.8 Å². The smallest absolute Gasteiger partial charge is 0.0978 e. The molecule has 2 aliphatic rings. The van der Waals surface area contributed by atoms with Gasteiger partial charge in [0.2, 0.25) is 0 Å². The van der Waals surface area contributed by atoms with Crippen molar-refractivity contribution in [1.82, 2.24) is 39.9 Å². The van der Waals surface area contributed by atoms with Crippen LogP contribution < -0.4 is 0 Å². The van der Waals surface area contributed by atoms with Gasteiger partial charge in [0.05, 0.1) is 78.0 Å². The van der Waals surface area contributed by atoms with Gasteiger partial charge < -0.3 is 0 Å². The molecular weight excluding hydrogens is 1130 g/mol. The largest absolute Gasteiger partial charge is 0.254 e. The molecule has 20 rings (SSSR count). The molecule has 10 aromatic carbocycles. The lowest BCUT2D eigenvalue weighted by atomic mass is 9.70. The van der Waals surface area contributed by atoms with Crippen LogP contribution in [0.4, 0.5) is 0 Å². The number of pyridine rings is 8. The van der Waals surface area contributed by atoms with Crippen molar-refractivity contribution in [3.8, 4) is 89.7 Å². The van der Waals surface area contributed by atoms with Crippen LogP contribution in [0.1, 0.15) is 22.3 Å². The summed E-state index contributed by atoms with van der Waals surface area (Å²) in [6, 6.07) is 97.9. The fourth-order valence-electron chi connectivity index (χ4n) is 15.2. The lowest BCUT2D eigenvalue weighted by molar-refractivity contribution is 0.794. The van der Waals surface area contributed by atoms with Crippen LogP contribution in [0.2, 0.25) is 0 Å². The zero-order valence-corrected chi connectivity index (χ0v) is 49.8. The second kappa shape index (κ2) is 19.7. The monoisotopic (exact) mass is 1180 g/mol. The van der Waals surface area contributed by atoms with E-state index in [1.54, 1.807) is 0 Å². The van der Waals surface area contributed by atoms with Crippen molar-refractivity contribution in [3.63, 3.8) is 0 Å². The van der Waals surface area contributed by atoms with Crippen LogP contribution in [-0.4, -0.2) is 39.9 Å². The van der Waals surface area contributed by atoms with Crippen LogP contribution in [0, 0.1) is 0 Å². The SMILES string of the molecule is c1ccc2c(c1)-c1ccccc1C21c2cc(-c3ccc4ccc5cccnc5c4n3)ccc2-c2ccc(-c3ccc4ccc5ccc(-c6cc(-c7ccc(-c8ccc(-c9ccc%10ccc%11cccnc%11c%10n9)cc8)cc7)nc7c6ccc6cccnc67)nc5c4n3)cc21. The number of fused-ring (bicyclic) bond motifs is 22. The average molecular weight is 1180 g/mol. The molecule has 0 saturated heterocycles. The lowest BCUT2D eigenvalue weighted by Gasteiger charge is -2.31. The van der Waals surface area contributed by atoms with Crippen LogP contribution >= 0.6 is 0 Å². The van der Waals surface area contributed by atoms with Crippen molar-refractivity contribution < 1.29 is 0 Å². The van der Waals surface area contributed by atoms with Crippen LogP contribution in [0.3, 0.4) is 0 Å². The first-order chi connectivity index (χ1) is 46.0. The Labute approximate surface area is 533 Å². The molecule has 0 N–H and O–H groups in total. The van der Waals surface area contributed by atoms with Crippen molar-refractivity contribution in [3.05, 3.63) is 314 Å². The minimum atomic E-state index is -0.608. The Kier molecular flexibility index (Phi) is 10.9. The van der Waals surface area contributed by atoms with Crippen molar-refractivity contribution in [2.24, 2.45) is 0 Å². The van der Waals surface area contributed by atoms with Gasteiger partial charge in [0, 0.05) is 89.5 Å². The van der Waals surface area contributed by atoms with Crippen molar-refractivity contribution >= 4 is 87.2 Å². The Hall–Kier alpha value is -12.5. The molecule has 0 saturated carbocycles. The molecule has 0 atom stereocenters. The molecule has 8 heterocycles. The maximum atomic E-state index is 5.63. The standard InChI is InChI=1S/C85H48N8/c1-3-13-68-62(11-1)63-12-2-4-14-69(63)85(68)70-46-60(73-40-33-57-26-24-54-9-6-44-87-78(54)81(57)90-73)30-36-64(70)65-37-31-61(47-71(65)85)74-41-34-58-27-28-59-35-42-75(92-83(59)82(58)91-74)67-48-76(93-84-66(67)38-29-55-10-7-45-88-79(55)84)52-21-17-50(18-22-52)49-15-19-51(20-16-49)72-39-32-56-25-23-53-8-5-43-86-77(53)80(56)89-72/h1-48H. The third-order valence-corrected chi connectivity index (χ3v) is 19.6. The van der Waals surface area contributed by atoms with E-state index < -0.39 is 5.41 Å². The summed E-state index contributed by atoms with van der Waals surface area (Å²) in [6.07, 6.45) is 5.53. The van der Waals surface area contributed by atoms with Gasteiger partial charge in [0.25, 0.3) is 0 Å². The van der Waals surface area contributed by atoms with Crippen LogP contribution in [0.15, 0.2) is 292 Å². The van der Waals surface area contributed by atoms with Gasteiger partial charge in [-0.2, -0.15) is 0 Å². The highest BCUT2D eigenvalue weighted by atomic mass is 14.8. The summed E-state index contributed by atoms with van der Waals surface area (Å²) in [4.78, 5) is 41.5. The minimum absolute atomic E-state index is 0.608. The zero-order chi connectivity index (χ0) is 60.9. The number of aromatic nitrogens is 8. The summed E-state index contributed by atoms with van der Waals surface area (Å²) in [5.41, 5.74) is 28.0. The van der Waals surface area contributed by atoms with Gasteiger partial charge in [0.15, 0.2) is 0 Å². The number of hydrogen-bond donors (Lipinski definition) is 0. The minimum Gasteiger partial charge on any atom is -0.254 e. The quantitative estimate of drug-likeness (QED) is 0.152. The predicted molar refractivity (Wildman–Crippen MR) is 378 cm³/mol. The molecule has 93 heavy (non-hydrogen) atoms. The second-order valence-electron chi connectivity index (χ2n) is 24.5. The molecule has 0 amide bonds. The predicted octanol–water partition coefficient (Wildman–Crippen LogP) is 20.4. The molecule has 8 aromatic heterocycles. The molecule has 428 valence electrons. The molecule has 0 bridgehead atoms. The van der Waals surface area contributed by atoms with Crippen molar-refractivity contribution in [2.75, 3.05) is 0 Å². The Morgan fingerprint density at radius 1 is 0.194 bits per heavy atom. The van der Waals surface area contributed by atoms with Gasteiger partial charge in [-0.1, -0.05) is 212 Å². The topological polar surface area (TPSA) is 103 Å². The Balaban J connectivity index is 0.687. The molecule has 0 unspecified atom stereocenters. The average Bonchev–Trinajstić information content (AvgIpc) is 1.51. The molecule has 18 aromatic rings. The Morgan fingerprint density at radius 2 is 0.527 bits per heavy atom. The molecule has 0 aliphatic heterocycles. The van der Waals surface area contributed by atoms with Crippen molar-refractivity contribution in [2.45, 2.75) is 5.41 Å². The Morgan fingerprint density at radius 3 is 1.01 bits per heavy atom. The number of rotatable bonds is 6. The van der Waals surface area contributed by atoms with Gasteiger partial charge in [0.1, 0.15) is 0 Å². The number of hydrogen-bond acceptors (Lipinski definition) is 8. The summed E-state index contributed by atoms with van der Waals surface area (Å²) in [5.74, 6) is 0. The fourth-order valence-corrected chi connectivity index (χ4v) is 15.2. The molecule has 8 nitrogen and oxygen atoms in total. The summed E-state index contributed by atoms with van der Waals surface area (Å²) in [6.45, 7) is 0. The first-order valence-corrected chi connectivity index (χ1v) is 31.4. The third kappa shape index (κ3) is 7.73. The van der Waals surface area contributed by atoms with Crippen LogP contribution in [0.25, 0.3) is 177 Å². The van der Waals surface area contributed by atoms with Gasteiger partial charge in [-0.15, -0.1) is 0 Å². The van der Waals surface area contributed by atoms with E-state index in [4.69, 9.17) is 34.9 Å². The molecular formula is C85H48N8. The normalized spacial score (nSPS) is 12.8. The second-order valence-corrected chi connectivity index (χ2v) is 24.5. The Bertz CT molecular complexity index is 6210. The summed E-state index contributed by atoms with van der Waals surface area (Å²) < 4.78 is 0. The van der Waals surface area contributed by atoms with Crippen LogP contribution in [0.5, 0.6) is 0 Å². The molecule has 8 heteroatoms. The van der Waals surface area contributed by atoms with E-state index in [1.165, 1.54) is 44.5 Å². The van der Waals surface area contributed by atoms with Gasteiger partial charge in [-0.25, -0.2) is 24.9 Å². The van der Waals surface area contributed by atoms with Gasteiger partial charge in [-0.05, 0) is 116 Å². The lowest BCUT2D eigenvalue weighted by Crippen LogP contribution is -2.26. The highest BCUT2D eigenvalue weighted by Crippen LogP contribution is 2.63. The van der Waals surface area contributed by atoms with Crippen LogP contribution in [-0.2, 0) is 5.41 Å². The summed E-state index contributed by atoms with van der Waals surface area (Å²) >= 11 is 0. The maximum Gasteiger partial charge on any atom is 0.0978 e. The maximum absolute atomic E-state index is 5.63. The molecule has 0 radical (unpaired) electrons. The van der Waals surface area contributed by atoms with Gasteiger partial charge >= 0.3 is 0 Å². The van der Waals surface area contributed by atoms with E-state index in [-0.39, 0.29) is 0 Å². The fraction of sp³-hybridized carbons (Fsp3) is 0.0118. The molecule has 1 spiro atoms. The number of nitrogens with zero attached hydrogens (tertiary/aromatic N) is 8. The van der Waals surface area contributed by atoms with E-state index in [0.717, 1.165) is 155 Å². The van der Waals surface area contributed by atoms with E-state index in [9.17, 15) is 0 Å². The van der Waals surface area contributed by atoms with E-state index >= 15 is 0 Å². The first-order valence-electron chi connectivity index (χ1n) is 31.4.